The maximum Gasteiger partial charge on any atom is 0.246 e. The lowest BCUT2D eigenvalue weighted by Crippen LogP contribution is -2.22. The highest BCUT2D eigenvalue weighted by Gasteiger charge is 2.24. The summed E-state index contributed by atoms with van der Waals surface area (Å²) in [5, 5.41) is 16.8. The third kappa shape index (κ3) is 4.36. The van der Waals surface area contributed by atoms with Gasteiger partial charge in [0.1, 0.15) is 16.4 Å². The number of hydrogen-bond acceptors (Lipinski definition) is 9. The molecule has 0 spiro atoms. The van der Waals surface area contributed by atoms with Crippen molar-refractivity contribution in [1.29, 1.82) is 0 Å². The number of para-hydroxylation sites is 1. The fraction of sp³-hybridized carbons (Fsp3) is 0.333. The van der Waals surface area contributed by atoms with Crippen LogP contribution in [0.4, 0.5) is 17.3 Å². The summed E-state index contributed by atoms with van der Waals surface area (Å²) in [6, 6.07) is 8.16. The van der Waals surface area contributed by atoms with Gasteiger partial charge in [-0.15, -0.1) is 0 Å². The van der Waals surface area contributed by atoms with E-state index >= 15 is 0 Å². The Morgan fingerprint density at radius 2 is 1.93 bits per heavy atom. The van der Waals surface area contributed by atoms with Crippen molar-refractivity contribution in [3.63, 3.8) is 0 Å². The predicted molar refractivity (Wildman–Crippen MR) is 112 cm³/mol. The molecule has 0 bridgehead atoms. The number of phenols is 1. The zero-order valence-corrected chi connectivity index (χ0v) is 18.1. The molecule has 0 fully saturated rings. The van der Waals surface area contributed by atoms with Crippen LogP contribution in [-0.4, -0.2) is 40.7 Å². The van der Waals surface area contributed by atoms with E-state index in [4.69, 9.17) is 4.42 Å². The minimum Gasteiger partial charge on any atom is -0.504 e. The lowest BCUT2D eigenvalue weighted by molar-refractivity contribution is 0.452. The highest BCUT2D eigenvalue weighted by atomic mass is 32.2. The quantitative estimate of drug-likeness (QED) is 0.456. The van der Waals surface area contributed by atoms with E-state index in [1.807, 2.05) is 26.0 Å². The molecule has 2 heterocycles. The molecule has 0 aliphatic heterocycles. The Labute approximate surface area is 173 Å². The van der Waals surface area contributed by atoms with Crippen LogP contribution >= 0.6 is 11.7 Å². The summed E-state index contributed by atoms with van der Waals surface area (Å²) in [7, 11) is -0.983. The number of anilines is 3. The smallest absolute Gasteiger partial charge is 0.246 e. The number of nitrogens with zero attached hydrogens (tertiary/aromatic N) is 3. The first-order chi connectivity index (χ1) is 13.7. The van der Waals surface area contributed by atoms with Gasteiger partial charge >= 0.3 is 0 Å². The number of rotatable bonds is 8. The van der Waals surface area contributed by atoms with Gasteiger partial charge in [0.15, 0.2) is 17.4 Å². The summed E-state index contributed by atoms with van der Waals surface area (Å²) in [6.45, 7) is 3.90. The van der Waals surface area contributed by atoms with E-state index in [0.717, 1.165) is 34.0 Å². The van der Waals surface area contributed by atoms with Gasteiger partial charge in [-0.05, 0) is 37.6 Å². The predicted octanol–water partition coefficient (Wildman–Crippen LogP) is 3.70. The van der Waals surface area contributed by atoms with Crippen LogP contribution in [0.2, 0.25) is 0 Å². The van der Waals surface area contributed by atoms with Crippen molar-refractivity contribution in [3.05, 3.63) is 41.9 Å². The lowest BCUT2D eigenvalue weighted by atomic mass is 10.2. The summed E-state index contributed by atoms with van der Waals surface area (Å²) >= 11 is 0.995. The zero-order chi connectivity index (χ0) is 21.2. The van der Waals surface area contributed by atoms with E-state index in [1.54, 1.807) is 12.1 Å². The lowest BCUT2D eigenvalue weighted by Gasteiger charge is -2.17. The van der Waals surface area contributed by atoms with Crippen LogP contribution in [0.1, 0.15) is 30.9 Å². The first-order valence-electron chi connectivity index (χ1n) is 8.91. The second kappa shape index (κ2) is 8.39. The third-order valence-corrected chi connectivity index (χ3v) is 6.70. The van der Waals surface area contributed by atoms with Crippen LogP contribution in [0, 0.1) is 6.92 Å². The van der Waals surface area contributed by atoms with Gasteiger partial charge < -0.3 is 20.2 Å². The van der Waals surface area contributed by atoms with Gasteiger partial charge in [0.2, 0.25) is 10.0 Å². The molecule has 0 radical (unpaired) electrons. The molecular formula is C18H23N5O4S2. The van der Waals surface area contributed by atoms with Gasteiger partial charge in [0.25, 0.3) is 0 Å². The minimum atomic E-state index is -3.79. The largest absolute Gasteiger partial charge is 0.504 e. The van der Waals surface area contributed by atoms with Crippen LogP contribution in [0.15, 0.2) is 39.6 Å². The van der Waals surface area contributed by atoms with Crippen LogP contribution in [0.5, 0.6) is 5.75 Å². The summed E-state index contributed by atoms with van der Waals surface area (Å²) in [6.07, 6.45) is 0.756. The van der Waals surface area contributed by atoms with Crippen molar-refractivity contribution < 1.29 is 17.9 Å². The molecule has 3 rings (SSSR count). The molecule has 1 aromatic carbocycles. The number of hydrogen-bond donors (Lipinski definition) is 3. The number of phenolic OH excluding ortho intramolecular Hbond substituents is 1. The number of furan rings is 1. The molecule has 9 nitrogen and oxygen atoms in total. The Kier molecular flexibility index (Phi) is 6.10. The third-order valence-electron chi connectivity index (χ3n) is 4.32. The van der Waals surface area contributed by atoms with Crippen LogP contribution in [0.25, 0.3) is 0 Å². The molecule has 11 heteroatoms. The second-order valence-electron chi connectivity index (χ2n) is 6.58. The van der Waals surface area contributed by atoms with Gasteiger partial charge in [0, 0.05) is 14.1 Å². The first kappa shape index (κ1) is 21.1. The number of nitrogens with one attached hydrogen (secondary N) is 2. The Balaban J connectivity index is 1.87. The zero-order valence-electron chi connectivity index (χ0n) is 16.5. The van der Waals surface area contributed by atoms with Crippen molar-refractivity contribution in [1.82, 2.24) is 13.1 Å². The molecular weight excluding hydrogens is 414 g/mol. The van der Waals surface area contributed by atoms with Crippen molar-refractivity contribution >= 4 is 39.1 Å². The standard InChI is InChI=1S/C18H23N5O4S2/c1-5-12(14-10-9-11(2)27-14)19-17-18(22-28-21-17)20-13-7-6-8-15(16(13)24)29(25,26)23(3)4/h6-10,12,24H,5H2,1-4H3,(H,19,21)(H,20,22)/t12-/m1/s1. The Bertz CT molecular complexity index is 1090. The van der Waals surface area contributed by atoms with Crippen molar-refractivity contribution in [3.8, 4) is 5.75 Å². The highest BCUT2D eigenvalue weighted by Crippen LogP contribution is 2.36. The van der Waals surface area contributed by atoms with Gasteiger partial charge in [-0.3, -0.25) is 0 Å². The summed E-state index contributed by atoms with van der Waals surface area (Å²) in [4.78, 5) is -0.192. The molecule has 0 amide bonds. The fourth-order valence-electron chi connectivity index (χ4n) is 2.70. The number of aromatic nitrogens is 2. The SMILES string of the molecule is CC[C@@H](Nc1nsnc1Nc1cccc(S(=O)(=O)N(C)C)c1O)c1ccc(C)o1. The summed E-state index contributed by atoms with van der Waals surface area (Å²) in [5.41, 5.74) is 0.213. The average molecular weight is 438 g/mol. The van der Waals surface area contributed by atoms with Crippen LogP contribution in [-0.2, 0) is 10.0 Å². The molecule has 0 saturated carbocycles. The topological polar surface area (TPSA) is 121 Å². The molecule has 3 N–H and O–H groups in total. The number of sulfonamides is 1. The molecule has 3 aromatic rings. The Morgan fingerprint density at radius 1 is 1.21 bits per heavy atom. The molecule has 0 aliphatic carbocycles. The van der Waals surface area contributed by atoms with E-state index in [9.17, 15) is 13.5 Å². The Hall–Kier alpha value is -2.63. The molecule has 29 heavy (non-hydrogen) atoms. The molecule has 0 unspecified atom stereocenters. The van der Waals surface area contributed by atoms with E-state index in [-0.39, 0.29) is 22.4 Å². The fourth-order valence-corrected chi connectivity index (χ4v) is 4.17. The number of aryl methyl sites for hydroxylation is 1. The Morgan fingerprint density at radius 3 is 2.55 bits per heavy atom. The van der Waals surface area contributed by atoms with Gasteiger partial charge in [-0.2, -0.15) is 8.75 Å². The molecule has 0 saturated heterocycles. The molecule has 156 valence electrons. The molecule has 2 aromatic heterocycles. The average Bonchev–Trinajstić information content (AvgIpc) is 3.29. The number of aromatic hydroxyl groups is 1. The number of benzene rings is 1. The first-order valence-corrected chi connectivity index (χ1v) is 11.1. The monoisotopic (exact) mass is 437 g/mol. The second-order valence-corrected chi connectivity index (χ2v) is 9.23. The summed E-state index contributed by atoms with van der Waals surface area (Å²) in [5.74, 6) is 2.08. The van der Waals surface area contributed by atoms with Gasteiger partial charge in [-0.1, -0.05) is 13.0 Å². The van der Waals surface area contributed by atoms with E-state index in [0.29, 0.717) is 11.6 Å². The van der Waals surface area contributed by atoms with Gasteiger partial charge in [0.05, 0.1) is 23.5 Å². The van der Waals surface area contributed by atoms with E-state index in [1.165, 1.54) is 20.2 Å². The van der Waals surface area contributed by atoms with Crippen molar-refractivity contribution in [2.75, 3.05) is 24.7 Å². The highest BCUT2D eigenvalue weighted by molar-refractivity contribution is 7.89. The van der Waals surface area contributed by atoms with Gasteiger partial charge in [-0.25, -0.2) is 12.7 Å². The summed E-state index contributed by atoms with van der Waals surface area (Å²) < 4.78 is 40.0. The van der Waals surface area contributed by atoms with E-state index < -0.39 is 10.0 Å². The van der Waals surface area contributed by atoms with Crippen LogP contribution in [0.3, 0.4) is 0 Å². The van der Waals surface area contributed by atoms with Crippen molar-refractivity contribution in [2.45, 2.75) is 31.2 Å². The minimum absolute atomic E-state index is 0.109. The maximum absolute atomic E-state index is 12.4. The van der Waals surface area contributed by atoms with Crippen LogP contribution < -0.4 is 10.6 Å². The normalized spacial score (nSPS) is 12.9. The molecule has 0 aliphatic rings. The van der Waals surface area contributed by atoms with E-state index in [2.05, 4.69) is 19.4 Å². The maximum atomic E-state index is 12.4. The van der Waals surface area contributed by atoms with Crippen molar-refractivity contribution in [2.24, 2.45) is 0 Å². The molecule has 1 atom stereocenters.